The first-order valence-corrected chi connectivity index (χ1v) is 10.5. The minimum atomic E-state index is -3.62. The van der Waals surface area contributed by atoms with E-state index in [1.54, 1.807) is 30.3 Å². The third-order valence-electron chi connectivity index (χ3n) is 4.25. The molecule has 28 heavy (non-hydrogen) atoms. The third kappa shape index (κ3) is 5.24. The molecule has 3 rings (SSSR count). The second kappa shape index (κ2) is 8.31. The van der Waals surface area contributed by atoms with Crippen LogP contribution in [0.25, 0.3) is 6.08 Å². The lowest BCUT2D eigenvalue weighted by atomic mass is 10.0. The number of hydrogen-bond acceptors (Lipinski definition) is 3. The lowest BCUT2D eigenvalue weighted by Crippen LogP contribution is -2.08. The van der Waals surface area contributed by atoms with Crippen LogP contribution in [0.2, 0.25) is 0 Å². The first kappa shape index (κ1) is 19.7. The van der Waals surface area contributed by atoms with E-state index in [0.29, 0.717) is 11.4 Å². The fourth-order valence-corrected chi connectivity index (χ4v) is 3.87. The molecule has 0 heterocycles. The SMILES string of the molecule is Cc1cc(C)c(C=CS(=O)(=O)Nc2ccc(Oc3ccccc3)cc2)c(C)c1. The normalized spacial score (nSPS) is 11.5. The maximum atomic E-state index is 12.4. The molecule has 0 atom stereocenters. The van der Waals surface area contributed by atoms with Crippen LogP contribution in [0, 0.1) is 20.8 Å². The molecule has 0 radical (unpaired) electrons. The van der Waals surface area contributed by atoms with Gasteiger partial charge < -0.3 is 4.74 Å². The van der Waals surface area contributed by atoms with Crippen molar-refractivity contribution in [1.82, 2.24) is 0 Å². The summed E-state index contributed by atoms with van der Waals surface area (Å²) in [5.74, 6) is 1.36. The van der Waals surface area contributed by atoms with Gasteiger partial charge in [0, 0.05) is 5.69 Å². The van der Waals surface area contributed by atoms with Crippen LogP contribution in [0.3, 0.4) is 0 Å². The van der Waals surface area contributed by atoms with Gasteiger partial charge in [-0.15, -0.1) is 0 Å². The fourth-order valence-electron chi connectivity index (χ4n) is 3.03. The molecule has 0 saturated heterocycles. The molecule has 0 aliphatic carbocycles. The van der Waals surface area contributed by atoms with Crippen molar-refractivity contribution in [3.05, 3.63) is 94.4 Å². The Labute approximate surface area is 166 Å². The quantitative estimate of drug-likeness (QED) is 0.574. The lowest BCUT2D eigenvalue weighted by molar-refractivity contribution is 0.483. The van der Waals surface area contributed by atoms with Gasteiger partial charge in [0.15, 0.2) is 0 Å². The molecule has 144 valence electrons. The van der Waals surface area contributed by atoms with Gasteiger partial charge in [0.05, 0.1) is 5.41 Å². The van der Waals surface area contributed by atoms with E-state index in [0.717, 1.165) is 28.0 Å². The zero-order valence-corrected chi connectivity index (χ0v) is 17.0. The first-order valence-electron chi connectivity index (χ1n) is 8.94. The molecule has 3 aromatic carbocycles. The Kier molecular flexibility index (Phi) is 5.85. The first-order chi connectivity index (χ1) is 13.3. The fraction of sp³-hybridized carbons (Fsp3) is 0.130. The number of ether oxygens (including phenoxy) is 1. The summed E-state index contributed by atoms with van der Waals surface area (Å²) in [7, 11) is -3.62. The summed E-state index contributed by atoms with van der Waals surface area (Å²) >= 11 is 0. The highest BCUT2D eigenvalue weighted by molar-refractivity contribution is 7.95. The molecule has 0 bridgehead atoms. The maximum Gasteiger partial charge on any atom is 0.255 e. The second-order valence-electron chi connectivity index (χ2n) is 6.70. The third-order valence-corrected chi connectivity index (χ3v) is 5.26. The van der Waals surface area contributed by atoms with Crippen molar-refractivity contribution in [3.63, 3.8) is 0 Å². The van der Waals surface area contributed by atoms with Crippen molar-refractivity contribution in [3.8, 4) is 11.5 Å². The summed E-state index contributed by atoms with van der Waals surface area (Å²) in [5.41, 5.74) is 4.65. The van der Waals surface area contributed by atoms with Gasteiger partial charge in [0.1, 0.15) is 11.5 Å². The number of anilines is 1. The minimum absolute atomic E-state index is 0.474. The molecule has 5 heteroatoms. The van der Waals surface area contributed by atoms with Crippen molar-refractivity contribution in [2.45, 2.75) is 20.8 Å². The molecule has 0 saturated carbocycles. The van der Waals surface area contributed by atoms with E-state index < -0.39 is 10.0 Å². The summed E-state index contributed by atoms with van der Waals surface area (Å²) < 4.78 is 33.1. The number of benzene rings is 3. The molecule has 0 unspecified atom stereocenters. The Morgan fingerprint density at radius 3 is 2.00 bits per heavy atom. The number of nitrogens with one attached hydrogen (secondary N) is 1. The Hall–Kier alpha value is -3.05. The molecule has 0 spiro atoms. The smallest absolute Gasteiger partial charge is 0.255 e. The molecule has 0 aliphatic rings. The molecule has 0 aromatic heterocycles. The molecule has 0 fully saturated rings. The summed E-state index contributed by atoms with van der Waals surface area (Å²) in [4.78, 5) is 0. The van der Waals surface area contributed by atoms with Crippen LogP contribution in [0.4, 0.5) is 5.69 Å². The van der Waals surface area contributed by atoms with Crippen LogP contribution < -0.4 is 9.46 Å². The van der Waals surface area contributed by atoms with Crippen LogP contribution in [0.15, 0.2) is 72.1 Å². The largest absolute Gasteiger partial charge is 0.457 e. The highest BCUT2D eigenvalue weighted by atomic mass is 32.2. The molecular weight excluding hydrogens is 370 g/mol. The van der Waals surface area contributed by atoms with Gasteiger partial charge in [0.2, 0.25) is 0 Å². The van der Waals surface area contributed by atoms with Crippen LogP contribution in [-0.4, -0.2) is 8.42 Å². The van der Waals surface area contributed by atoms with E-state index in [9.17, 15) is 8.42 Å². The van der Waals surface area contributed by atoms with E-state index >= 15 is 0 Å². The summed E-state index contributed by atoms with van der Waals surface area (Å²) in [5, 5.41) is 1.20. The highest BCUT2D eigenvalue weighted by Gasteiger charge is 2.08. The predicted octanol–water partition coefficient (Wildman–Crippen LogP) is 5.82. The van der Waals surface area contributed by atoms with E-state index in [1.165, 1.54) is 5.41 Å². The summed E-state index contributed by atoms with van der Waals surface area (Å²) in [6.45, 7) is 5.98. The van der Waals surface area contributed by atoms with E-state index in [4.69, 9.17) is 4.74 Å². The van der Waals surface area contributed by atoms with Crippen LogP contribution >= 0.6 is 0 Å². The monoisotopic (exact) mass is 393 g/mol. The number of para-hydroxylation sites is 1. The van der Waals surface area contributed by atoms with Gasteiger partial charge in [-0.3, -0.25) is 4.72 Å². The average Bonchev–Trinajstić information content (AvgIpc) is 2.63. The molecule has 4 nitrogen and oxygen atoms in total. The topological polar surface area (TPSA) is 55.4 Å². The van der Waals surface area contributed by atoms with Crippen molar-refractivity contribution in [2.24, 2.45) is 0 Å². The Morgan fingerprint density at radius 2 is 1.39 bits per heavy atom. The van der Waals surface area contributed by atoms with Crippen molar-refractivity contribution in [2.75, 3.05) is 4.72 Å². The minimum Gasteiger partial charge on any atom is -0.457 e. The summed E-state index contributed by atoms with van der Waals surface area (Å²) in [6, 6.07) is 20.3. The zero-order chi connectivity index (χ0) is 20.1. The second-order valence-corrected chi connectivity index (χ2v) is 8.27. The Balaban J connectivity index is 1.70. The van der Waals surface area contributed by atoms with E-state index in [2.05, 4.69) is 4.72 Å². The lowest BCUT2D eigenvalue weighted by Gasteiger charge is -2.09. The van der Waals surface area contributed by atoms with Crippen molar-refractivity contribution >= 4 is 21.8 Å². The van der Waals surface area contributed by atoms with Gasteiger partial charge in [-0.2, -0.15) is 0 Å². The van der Waals surface area contributed by atoms with Crippen molar-refractivity contribution in [1.29, 1.82) is 0 Å². The number of hydrogen-bond donors (Lipinski definition) is 1. The maximum absolute atomic E-state index is 12.4. The highest BCUT2D eigenvalue weighted by Crippen LogP contribution is 2.23. The van der Waals surface area contributed by atoms with Gasteiger partial charge in [-0.1, -0.05) is 35.9 Å². The van der Waals surface area contributed by atoms with Crippen LogP contribution in [0.5, 0.6) is 11.5 Å². The van der Waals surface area contributed by atoms with Crippen LogP contribution in [-0.2, 0) is 10.0 Å². The standard InChI is InChI=1S/C23H23NO3S/c1-17-15-18(2)23(19(3)16-17)13-14-28(25,26)24-20-9-11-22(12-10-20)27-21-7-5-4-6-8-21/h4-16,24H,1-3H3. The van der Waals surface area contributed by atoms with Crippen molar-refractivity contribution < 1.29 is 13.2 Å². The molecule has 3 aromatic rings. The van der Waals surface area contributed by atoms with E-state index in [-0.39, 0.29) is 0 Å². The van der Waals surface area contributed by atoms with Gasteiger partial charge >= 0.3 is 0 Å². The van der Waals surface area contributed by atoms with Gasteiger partial charge in [-0.25, -0.2) is 8.42 Å². The average molecular weight is 394 g/mol. The zero-order valence-electron chi connectivity index (χ0n) is 16.1. The van der Waals surface area contributed by atoms with E-state index in [1.807, 2.05) is 63.2 Å². The van der Waals surface area contributed by atoms with Gasteiger partial charge in [-0.05, 0) is 79.9 Å². The Bertz CT molecular complexity index is 1060. The molecule has 0 aliphatic heterocycles. The van der Waals surface area contributed by atoms with Crippen LogP contribution in [0.1, 0.15) is 22.3 Å². The predicted molar refractivity (Wildman–Crippen MR) is 115 cm³/mol. The molecule has 0 amide bonds. The molecular formula is C23H23NO3S. The van der Waals surface area contributed by atoms with Gasteiger partial charge in [0.25, 0.3) is 10.0 Å². The molecule has 1 N–H and O–H groups in total. The number of sulfonamides is 1. The Morgan fingerprint density at radius 1 is 0.821 bits per heavy atom. The number of aryl methyl sites for hydroxylation is 3. The summed E-state index contributed by atoms with van der Waals surface area (Å²) in [6.07, 6.45) is 1.64. The number of rotatable bonds is 6.